The van der Waals surface area contributed by atoms with E-state index in [2.05, 4.69) is 4.90 Å². The molecule has 0 radical (unpaired) electrons. The fourth-order valence-corrected chi connectivity index (χ4v) is 3.75. The Balaban J connectivity index is 1.41. The second kappa shape index (κ2) is 12.4. The van der Waals surface area contributed by atoms with Crippen molar-refractivity contribution in [3.05, 3.63) is 64.2 Å². The Morgan fingerprint density at radius 1 is 0.943 bits per heavy atom. The molecule has 0 saturated carbocycles. The maximum Gasteiger partial charge on any atom is 0.410 e. The smallest absolute Gasteiger partial charge is 0.410 e. The van der Waals surface area contributed by atoms with Gasteiger partial charge in [0.2, 0.25) is 11.5 Å². The quantitative estimate of drug-likeness (QED) is 0.269. The Kier molecular flexibility index (Phi) is 9.31. The van der Waals surface area contributed by atoms with Crippen LogP contribution in [0.15, 0.2) is 48.5 Å². The van der Waals surface area contributed by atoms with E-state index in [1.807, 2.05) is 51.1 Å². The van der Waals surface area contributed by atoms with Gasteiger partial charge in [0, 0.05) is 26.2 Å². The molecule has 1 aliphatic heterocycles. The summed E-state index contributed by atoms with van der Waals surface area (Å²) in [5, 5.41) is 11.7. The normalized spacial score (nSPS) is 14.4. The van der Waals surface area contributed by atoms with Gasteiger partial charge in [-0.1, -0.05) is 36.4 Å². The molecule has 0 aromatic heterocycles. The number of piperazine rings is 1. The van der Waals surface area contributed by atoms with Crippen molar-refractivity contribution >= 4 is 11.8 Å². The van der Waals surface area contributed by atoms with Gasteiger partial charge in [-0.25, -0.2) is 4.79 Å². The number of nitrogens with zero attached hydrogens (tertiary/aromatic N) is 3. The van der Waals surface area contributed by atoms with E-state index in [9.17, 15) is 14.9 Å². The minimum absolute atomic E-state index is 0.151. The van der Waals surface area contributed by atoms with Gasteiger partial charge in [-0.2, -0.15) is 0 Å². The van der Waals surface area contributed by atoms with Crippen LogP contribution < -0.4 is 9.47 Å². The number of carbonyl (C=O) groups is 1. The van der Waals surface area contributed by atoms with Crippen LogP contribution in [0.4, 0.5) is 10.5 Å². The van der Waals surface area contributed by atoms with Crippen molar-refractivity contribution in [2.24, 2.45) is 0 Å². The predicted molar refractivity (Wildman–Crippen MR) is 133 cm³/mol. The van der Waals surface area contributed by atoms with E-state index in [4.69, 9.17) is 14.2 Å². The number of carbonyl (C=O) groups excluding carboxylic acids is 1. The first kappa shape index (κ1) is 26.3. The number of ether oxygens (including phenoxy) is 3. The molecule has 1 fully saturated rings. The highest BCUT2D eigenvalue weighted by atomic mass is 16.6. The zero-order valence-electron chi connectivity index (χ0n) is 20.8. The lowest BCUT2D eigenvalue weighted by atomic mass is 10.2. The number of benzene rings is 2. The Morgan fingerprint density at radius 2 is 1.60 bits per heavy atom. The van der Waals surface area contributed by atoms with Gasteiger partial charge < -0.3 is 19.1 Å². The summed E-state index contributed by atoms with van der Waals surface area (Å²) in [6.07, 6.45) is 1.39. The molecule has 1 saturated heterocycles. The van der Waals surface area contributed by atoms with Crippen LogP contribution in [0.3, 0.4) is 0 Å². The molecule has 1 amide bonds. The summed E-state index contributed by atoms with van der Waals surface area (Å²) in [5.41, 5.74) is 0.290. The van der Waals surface area contributed by atoms with E-state index in [-0.39, 0.29) is 29.9 Å². The zero-order chi connectivity index (χ0) is 25.3. The number of hydrogen-bond donors (Lipinski definition) is 0. The summed E-state index contributed by atoms with van der Waals surface area (Å²) in [5.74, 6) is 0.408. The maximum absolute atomic E-state index is 12.2. The van der Waals surface area contributed by atoms with E-state index < -0.39 is 10.5 Å². The lowest BCUT2D eigenvalue weighted by Gasteiger charge is -2.35. The molecule has 0 spiro atoms. The average molecular weight is 486 g/mol. The SMILES string of the molecule is CC(C)(C)OC(=O)N1CCN(CCCCOc2cccc(OCc3ccccc3)c2[N+](=O)[O-])CC1. The van der Waals surface area contributed by atoms with E-state index in [1.54, 1.807) is 23.1 Å². The zero-order valence-corrected chi connectivity index (χ0v) is 20.8. The van der Waals surface area contributed by atoms with Gasteiger partial charge in [0.05, 0.1) is 11.5 Å². The van der Waals surface area contributed by atoms with Crippen LogP contribution in [-0.2, 0) is 11.3 Å². The Labute approximate surface area is 206 Å². The molecule has 1 heterocycles. The van der Waals surface area contributed by atoms with Crippen LogP contribution in [0.1, 0.15) is 39.2 Å². The predicted octanol–water partition coefficient (Wildman–Crippen LogP) is 4.89. The van der Waals surface area contributed by atoms with Crippen LogP contribution in [0.2, 0.25) is 0 Å². The average Bonchev–Trinajstić information content (AvgIpc) is 2.82. The number of nitro benzene ring substituents is 1. The number of para-hydroxylation sites is 1. The van der Waals surface area contributed by atoms with Crippen molar-refractivity contribution in [2.45, 2.75) is 45.8 Å². The first-order valence-corrected chi connectivity index (χ1v) is 12.0. The lowest BCUT2D eigenvalue weighted by molar-refractivity contribution is -0.387. The molecule has 9 heteroatoms. The van der Waals surface area contributed by atoms with Crippen LogP contribution >= 0.6 is 0 Å². The summed E-state index contributed by atoms with van der Waals surface area (Å²) in [4.78, 5) is 27.5. The number of hydrogen-bond acceptors (Lipinski definition) is 7. The Morgan fingerprint density at radius 3 is 2.23 bits per heavy atom. The van der Waals surface area contributed by atoms with Crippen molar-refractivity contribution in [1.29, 1.82) is 0 Å². The standard InChI is InChI=1S/C26H35N3O6/c1-26(2,3)35-25(30)28-17-15-27(16-18-28)14-7-8-19-33-22-12-9-13-23(24(22)29(31)32)34-20-21-10-5-4-6-11-21/h4-6,9-13H,7-8,14-20H2,1-3H3. The van der Waals surface area contributed by atoms with E-state index >= 15 is 0 Å². The minimum Gasteiger partial charge on any atom is -0.487 e. The largest absolute Gasteiger partial charge is 0.487 e. The molecule has 190 valence electrons. The molecule has 2 aromatic carbocycles. The Bertz CT molecular complexity index is 969. The minimum atomic E-state index is -0.489. The Hall–Kier alpha value is -3.33. The number of unbranched alkanes of at least 4 members (excludes halogenated alkanes) is 1. The molecule has 0 bridgehead atoms. The highest BCUT2D eigenvalue weighted by Gasteiger charge is 2.26. The summed E-state index contributed by atoms with van der Waals surface area (Å²) in [7, 11) is 0. The first-order chi connectivity index (χ1) is 16.7. The molecule has 0 N–H and O–H groups in total. The van der Waals surface area contributed by atoms with Gasteiger partial charge in [-0.15, -0.1) is 0 Å². The second-order valence-electron chi connectivity index (χ2n) is 9.50. The third-order valence-electron chi connectivity index (χ3n) is 5.53. The van der Waals surface area contributed by atoms with Crippen molar-refractivity contribution < 1.29 is 23.9 Å². The molecule has 0 unspecified atom stereocenters. The fourth-order valence-electron chi connectivity index (χ4n) is 3.75. The van der Waals surface area contributed by atoms with Crippen molar-refractivity contribution in [3.63, 3.8) is 0 Å². The first-order valence-electron chi connectivity index (χ1n) is 12.0. The monoisotopic (exact) mass is 485 g/mol. The maximum atomic E-state index is 12.2. The van der Waals surface area contributed by atoms with Gasteiger partial charge >= 0.3 is 11.8 Å². The second-order valence-corrected chi connectivity index (χ2v) is 9.50. The van der Waals surface area contributed by atoms with E-state index in [0.717, 1.165) is 38.0 Å². The highest BCUT2D eigenvalue weighted by Crippen LogP contribution is 2.37. The summed E-state index contributed by atoms with van der Waals surface area (Å²) >= 11 is 0. The van der Waals surface area contributed by atoms with Gasteiger partial charge in [-0.3, -0.25) is 15.0 Å². The molecule has 35 heavy (non-hydrogen) atoms. The van der Waals surface area contributed by atoms with Gasteiger partial charge in [0.15, 0.2) is 0 Å². The van der Waals surface area contributed by atoms with Gasteiger partial charge in [0.25, 0.3) is 0 Å². The van der Waals surface area contributed by atoms with Crippen molar-refractivity contribution in [2.75, 3.05) is 39.3 Å². The number of amides is 1. The van der Waals surface area contributed by atoms with Crippen molar-refractivity contribution in [1.82, 2.24) is 9.80 Å². The van der Waals surface area contributed by atoms with Crippen LogP contribution in [0, 0.1) is 10.1 Å². The molecule has 1 aliphatic rings. The van der Waals surface area contributed by atoms with Crippen LogP contribution in [-0.4, -0.2) is 65.7 Å². The molecular formula is C26H35N3O6. The van der Waals surface area contributed by atoms with E-state index in [0.29, 0.717) is 19.7 Å². The fraction of sp³-hybridized carbons (Fsp3) is 0.500. The molecule has 2 aromatic rings. The number of nitro groups is 1. The van der Waals surface area contributed by atoms with Crippen molar-refractivity contribution in [3.8, 4) is 11.5 Å². The third-order valence-corrected chi connectivity index (χ3v) is 5.53. The summed E-state index contributed by atoms with van der Waals surface area (Å²) in [6.45, 7) is 9.99. The molecule has 3 rings (SSSR count). The lowest BCUT2D eigenvalue weighted by Crippen LogP contribution is -2.50. The van der Waals surface area contributed by atoms with Gasteiger partial charge in [-0.05, 0) is 57.9 Å². The van der Waals surface area contributed by atoms with E-state index in [1.165, 1.54) is 0 Å². The topological polar surface area (TPSA) is 94.4 Å². The molecule has 9 nitrogen and oxygen atoms in total. The van der Waals surface area contributed by atoms with Crippen LogP contribution in [0.5, 0.6) is 11.5 Å². The van der Waals surface area contributed by atoms with Crippen LogP contribution in [0.25, 0.3) is 0 Å². The molecule has 0 atom stereocenters. The highest BCUT2D eigenvalue weighted by molar-refractivity contribution is 5.68. The molecular weight excluding hydrogens is 450 g/mol. The number of rotatable bonds is 10. The molecule has 0 aliphatic carbocycles. The summed E-state index contributed by atoms with van der Waals surface area (Å²) < 4.78 is 16.9. The van der Waals surface area contributed by atoms with Gasteiger partial charge in [0.1, 0.15) is 12.2 Å². The third kappa shape index (κ3) is 8.43. The summed E-state index contributed by atoms with van der Waals surface area (Å²) in [6, 6.07) is 14.4.